The van der Waals surface area contributed by atoms with Crippen LogP contribution in [0.4, 0.5) is 5.69 Å². The van der Waals surface area contributed by atoms with Crippen LogP contribution < -0.4 is 14.5 Å². The number of hydrogen-bond acceptors (Lipinski definition) is 5. The van der Waals surface area contributed by atoms with Crippen LogP contribution in [0, 0.1) is 0 Å². The zero-order valence-corrected chi connectivity index (χ0v) is 20.5. The Labute approximate surface area is 210 Å². The molecular formula is C28H25N3O4S. The summed E-state index contributed by atoms with van der Waals surface area (Å²) in [7, 11) is -2.60. The predicted octanol–water partition coefficient (Wildman–Crippen LogP) is 4.29. The number of carbonyl (C=O) groups is 1. The van der Waals surface area contributed by atoms with Crippen molar-refractivity contribution in [3.63, 3.8) is 0 Å². The van der Waals surface area contributed by atoms with Crippen molar-refractivity contribution in [3.05, 3.63) is 102 Å². The number of nitrogens with zero attached hydrogens (tertiary/aromatic N) is 2. The molecule has 0 aliphatic heterocycles. The third-order valence-electron chi connectivity index (χ3n) is 6.28. The molecule has 0 spiro atoms. The van der Waals surface area contributed by atoms with Crippen LogP contribution in [0.2, 0.25) is 0 Å². The number of carbonyl (C=O) groups excluding carboxylic acids is 1. The molecule has 0 atom stereocenters. The maximum absolute atomic E-state index is 13.5. The highest BCUT2D eigenvalue weighted by molar-refractivity contribution is 7.92. The van der Waals surface area contributed by atoms with E-state index in [2.05, 4.69) is 22.7 Å². The minimum atomic E-state index is -4.05. The van der Waals surface area contributed by atoms with Crippen LogP contribution in [0.15, 0.2) is 94.9 Å². The summed E-state index contributed by atoms with van der Waals surface area (Å²) in [6, 6.07) is 25.0. The predicted molar refractivity (Wildman–Crippen MR) is 141 cm³/mol. The van der Waals surface area contributed by atoms with Crippen molar-refractivity contribution in [2.45, 2.75) is 17.7 Å². The van der Waals surface area contributed by atoms with E-state index in [1.807, 2.05) is 18.2 Å². The standard InChI is InChI=1S/C28H25N3O4S/c1-35-26-13-6-5-12-25(26)31(36(33,34)23-9-3-2-4-10-23)19-27(32)30-29-18-22-17-16-21-15-14-20-8-7-11-24(22)28(20)21/h2-13,16-18H,14-15,19H2,1H3,(H,30,32)/b29-18+. The van der Waals surface area contributed by atoms with Crippen LogP contribution in [-0.2, 0) is 27.7 Å². The van der Waals surface area contributed by atoms with Gasteiger partial charge < -0.3 is 4.74 Å². The van der Waals surface area contributed by atoms with Crippen molar-refractivity contribution in [1.29, 1.82) is 0 Å². The van der Waals surface area contributed by atoms with Crippen LogP contribution in [-0.4, -0.2) is 34.2 Å². The SMILES string of the molecule is COc1ccccc1N(CC(=O)N/N=C/c1ccc2c3c(cccc13)CC2)S(=O)(=O)c1ccccc1. The second-order valence-corrected chi connectivity index (χ2v) is 10.3. The minimum Gasteiger partial charge on any atom is -0.495 e. The smallest absolute Gasteiger partial charge is 0.264 e. The highest BCUT2D eigenvalue weighted by Gasteiger charge is 2.29. The van der Waals surface area contributed by atoms with Gasteiger partial charge >= 0.3 is 0 Å². The lowest BCUT2D eigenvalue weighted by Crippen LogP contribution is -2.39. The van der Waals surface area contributed by atoms with Gasteiger partial charge in [0.2, 0.25) is 0 Å². The molecule has 5 rings (SSSR count). The van der Waals surface area contributed by atoms with E-state index in [0.717, 1.165) is 28.1 Å². The molecule has 1 aliphatic rings. The molecule has 36 heavy (non-hydrogen) atoms. The fourth-order valence-corrected chi connectivity index (χ4v) is 6.03. The van der Waals surface area contributed by atoms with E-state index < -0.39 is 22.5 Å². The third-order valence-corrected chi connectivity index (χ3v) is 8.05. The minimum absolute atomic E-state index is 0.0695. The summed E-state index contributed by atoms with van der Waals surface area (Å²) >= 11 is 0. The highest BCUT2D eigenvalue weighted by atomic mass is 32.2. The van der Waals surface area contributed by atoms with Gasteiger partial charge in [-0.3, -0.25) is 9.10 Å². The monoisotopic (exact) mass is 499 g/mol. The van der Waals surface area contributed by atoms with Gasteiger partial charge in [-0.2, -0.15) is 5.10 Å². The Kier molecular flexibility index (Phi) is 6.43. The van der Waals surface area contributed by atoms with Crippen molar-refractivity contribution < 1.29 is 17.9 Å². The maximum atomic E-state index is 13.5. The number of anilines is 1. The lowest BCUT2D eigenvalue weighted by atomic mass is 10.0. The molecule has 0 saturated heterocycles. The Morgan fingerprint density at radius 3 is 2.44 bits per heavy atom. The average molecular weight is 500 g/mol. The molecule has 0 fully saturated rings. The number of hydrazone groups is 1. The first-order chi connectivity index (χ1) is 17.5. The maximum Gasteiger partial charge on any atom is 0.264 e. The molecule has 182 valence electrons. The summed E-state index contributed by atoms with van der Waals surface area (Å²) in [5.74, 6) is -0.246. The second kappa shape index (κ2) is 9.83. The molecule has 0 heterocycles. The van der Waals surface area contributed by atoms with E-state index in [-0.39, 0.29) is 10.6 Å². The highest BCUT2D eigenvalue weighted by Crippen LogP contribution is 2.33. The fourth-order valence-electron chi connectivity index (χ4n) is 4.58. The number of amides is 1. The Balaban J connectivity index is 1.41. The van der Waals surface area contributed by atoms with Crippen molar-refractivity contribution in [1.82, 2.24) is 5.43 Å². The molecule has 1 aliphatic carbocycles. The van der Waals surface area contributed by atoms with Gasteiger partial charge in [-0.1, -0.05) is 60.7 Å². The van der Waals surface area contributed by atoms with Gasteiger partial charge in [0.05, 0.1) is 23.9 Å². The molecule has 0 aromatic heterocycles. The van der Waals surface area contributed by atoms with Crippen molar-refractivity contribution in [3.8, 4) is 5.75 Å². The second-order valence-electron chi connectivity index (χ2n) is 8.44. The largest absolute Gasteiger partial charge is 0.495 e. The Morgan fingerprint density at radius 1 is 0.944 bits per heavy atom. The summed E-state index contributed by atoms with van der Waals surface area (Å²) in [6.07, 6.45) is 3.65. The van der Waals surface area contributed by atoms with Gasteiger partial charge in [-0.25, -0.2) is 13.8 Å². The topological polar surface area (TPSA) is 88.1 Å². The first-order valence-corrected chi connectivity index (χ1v) is 13.0. The van der Waals surface area contributed by atoms with Gasteiger partial charge in [0.25, 0.3) is 15.9 Å². The zero-order valence-electron chi connectivity index (χ0n) is 19.7. The van der Waals surface area contributed by atoms with E-state index in [0.29, 0.717) is 5.75 Å². The molecule has 0 bridgehead atoms. The number of para-hydroxylation sites is 2. The van der Waals surface area contributed by atoms with Gasteiger partial charge in [0, 0.05) is 5.56 Å². The average Bonchev–Trinajstić information content (AvgIpc) is 3.33. The number of benzene rings is 4. The number of methoxy groups -OCH3 is 1. The fraction of sp³-hybridized carbons (Fsp3) is 0.143. The quantitative estimate of drug-likeness (QED) is 0.289. The summed E-state index contributed by atoms with van der Waals surface area (Å²) in [6.45, 7) is -0.473. The van der Waals surface area contributed by atoms with Crippen molar-refractivity contribution >= 4 is 38.6 Å². The van der Waals surface area contributed by atoms with Crippen LogP contribution in [0.25, 0.3) is 10.8 Å². The van der Waals surface area contributed by atoms with E-state index in [9.17, 15) is 13.2 Å². The number of nitrogens with one attached hydrogen (secondary N) is 1. The third kappa shape index (κ3) is 4.43. The first kappa shape index (κ1) is 23.6. The molecule has 1 N–H and O–H groups in total. The van der Waals surface area contributed by atoms with Crippen molar-refractivity contribution in [2.24, 2.45) is 5.10 Å². The molecule has 1 amide bonds. The summed E-state index contributed by atoms with van der Waals surface area (Å²) in [5, 5.41) is 6.48. The normalized spacial score (nSPS) is 12.7. The van der Waals surface area contributed by atoms with Gasteiger partial charge in [-0.15, -0.1) is 0 Å². The number of sulfonamides is 1. The lowest BCUT2D eigenvalue weighted by molar-refractivity contribution is -0.119. The number of hydrogen-bond donors (Lipinski definition) is 1. The van der Waals surface area contributed by atoms with Gasteiger partial charge in [-0.05, 0) is 59.0 Å². The number of aryl methyl sites for hydroxylation is 2. The molecule has 0 unspecified atom stereocenters. The Bertz CT molecular complexity index is 1560. The van der Waals surface area contributed by atoms with Gasteiger partial charge in [0.15, 0.2) is 0 Å². The van der Waals surface area contributed by atoms with Gasteiger partial charge in [0.1, 0.15) is 12.3 Å². The molecular weight excluding hydrogens is 474 g/mol. The molecule has 0 saturated carbocycles. The van der Waals surface area contributed by atoms with Crippen LogP contribution in [0.1, 0.15) is 16.7 Å². The Hall–Kier alpha value is -4.17. The van der Waals surface area contributed by atoms with E-state index in [4.69, 9.17) is 4.74 Å². The van der Waals surface area contributed by atoms with Crippen LogP contribution in [0.5, 0.6) is 5.75 Å². The lowest BCUT2D eigenvalue weighted by Gasteiger charge is -2.25. The summed E-state index contributed by atoms with van der Waals surface area (Å²) in [5.41, 5.74) is 6.27. The molecule has 8 heteroatoms. The first-order valence-electron chi connectivity index (χ1n) is 11.6. The summed E-state index contributed by atoms with van der Waals surface area (Å²) in [4.78, 5) is 13.0. The molecule has 4 aromatic rings. The molecule has 4 aromatic carbocycles. The van der Waals surface area contributed by atoms with Crippen LogP contribution in [0.3, 0.4) is 0 Å². The summed E-state index contributed by atoms with van der Waals surface area (Å²) < 4.78 is 33.4. The van der Waals surface area contributed by atoms with E-state index in [1.54, 1.807) is 48.7 Å². The van der Waals surface area contributed by atoms with Crippen LogP contribution >= 0.6 is 0 Å². The Morgan fingerprint density at radius 2 is 1.67 bits per heavy atom. The zero-order chi connectivity index (χ0) is 25.1. The van der Waals surface area contributed by atoms with E-state index in [1.165, 1.54) is 35.8 Å². The molecule has 0 radical (unpaired) electrons. The number of ether oxygens (including phenoxy) is 1. The molecule has 7 nitrogen and oxygen atoms in total. The number of rotatable bonds is 8. The van der Waals surface area contributed by atoms with Crippen molar-refractivity contribution in [2.75, 3.05) is 18.0 Å². The van der Waals surface area contributed by atoms with E-state index >= 15 is 0 Å².